The molecule has 142 valence electrons. The fraction of sp³-hybridized carbons (Fsp3) is 0.579. The molecule has 3 atom stereocenters. The van der Waals surface area contributed by atoms with E-state index >= 15 is 0 Å². The maximum atomic E-state index is 12.9. The topological polar surface area (TPSA) is 52.7 Å². The van der Waals surface area contributed by atoms with Crippen LogP contribution in [0.2, 0.25) is 5.02 Å². The van der Waals surface area contributed by atoms with Crippen molar-refractivity contribution in [1.29, 1.82) is 0 Å². The highest BCUT2D eigenvalue weighted by Gasteiger charge is 2.46. The predicted molar refractivity (Wildman–Crippen MR) is 104 cm³/mol. The van der Waals surface area contributed by atoms with E-state index in [1.807, 2.05) is 28.0 Å². The maximum absolute atomic E-state index is 12.9. The molecule has 0 aromatic heterocycles. The Kier molecular flexibility index (Phi) is 6.10. The molecule has 1 saturated carbocycles. The largest absolute Gasteiger partial charge is 0.340 e. The van der Waals surface area contributed by atoms with Gasteiger partial charge in [0.05, 0.1) is 6.54 Å². The summed E-state index contributed by atoms with van der Waals surface area (Å²) in [7, 11) is 0. The molecule has 3 unspecified atom stereocenters. The zero-order chi connectivity index (χ0) is 17.4. The van der Waals surface area contributed by atoms with Gasteiger partial charge in [-0.3, -0.25) is 9.59 Å². The van der Waals surface area contributed by atoms with E-state index in [2.05, 4.69) is 11.4 Å². The molecule has 1 aromatic carbocycles. The van der Waals surface area contributed by atoms with Crippen molar-refractivity contribution < 1.29 is 9.59 Å². The first-order valence-electron chi connectivity index (χ1n) is 9.18. The number of hydrogen-bond acceptors (Lipinski definition) is 3. The van der Waals surface area contributed by atoms with Crippen LogP contribution >= 0.6 is 24.0 Å². The molecule has 0 spiro atoms. The van der Waals surface area contributed by atoms with Gasteiger partial charge in [0.1, 0.15) is 0 Å². The molecule has 0 bridgehead atoms. The lowest BCUT2D eigenvalue weighted by atomic mass is 10.0. The first-order valence-corrected chi connectivity index (χ1v) is 9.55. The van der Waals surface area contributed by atoms with E-state index in [9.17, 15) is 9.59 Å². The molecule has 2 amide bonds. The van der Waals surface area contributed by atoms with Crippen LogP contribution in [0.25, 0.3) is 0 Å². The smallest absolute Gasteiger partial charge is 0.236 e. The Balaban J connectivity index is 0.00000196. The minimum absolute atomic E-state index is 0. The summed E-state index contributed by atoms with van der Waals surface area (Å²) in [5.74, 6) is 0.786. The quantitative estimate of drug-likeness (QED) is 0.850. The number of halogens is 2. The second-order valence-electron chi connectivity index (χ2n) is 7.35. The lowest BCUT2D eigenvalue weighted by Crippen LogP contribution is -2.57. The average molecular weight is 398 g/mol. The summed E-state index contributed by atoms with van der Waals surface area (Å²) in [5, 5.41) is 3.84. The third kappa shape index (κ3) is 4.00. The number of carbonyl (C=O) groups excluding carboxylic acids is 2. The van der Waals surface area contributed by atoms with Gasteiger partial charge in [0.2, 0.25) is 11.8 Å². The number of carbonyl (C=O) groups is 2. The van der Waals surface area contributed by atoms with Gasteiger partial charge in [-0.05, 0) is 42.9 Å². The van der Waals surface area contributed by atoms with Crippen molar-refractivity contribution in [3.8, 4) is 0 Å². The van der Waals surface area contributed by atoms with Gasteiger partial charge in [-0.1, -0.05) is 23.7 Å². The molecule has 1 N–H and O–H groups in total. The highest BCUT2D eigenvalue weighted by molar-refractivity contribution is 6.30. The van der Waals surface area contributed by atoms with E-state index in [1.165, 1.54) is 0 Å². The highest BCUT2D eigenvalue weighted by atomic mass is 35.5. The number of nitrogens with one attached hydrogen (secondary N) is 1. The van der Waals surface area contributed by atoms with E-state index in [0.717, 1.165) is 49.5 Å². The summed E-state index contributed by atoms with van der Waals surface area (Å²) in [6.07, 6.45) is 2.88. The third-order valence-corrected chi connectivity index (χ3v) is 5.89. The van der Waals surface area contributed by atoms with Crippen molar-refractivity contribution in [1.82, 2.24) is 15.1 Å². The minimum atomic E-state index is 0. The Morgan fingerprint density at radius 2 is 2.12 bits per heavy atom. The zero-order valence-electron chi connectivity index (χ0n) is 14.7. The van der Waals surface area contributed by atoms with Crippen LogP contribution in [-0.4, -0.2) is 60.4 Å². The summed E-state index contributed by atoms with van der Waals surface area (Å²) in [6.45, 7) is 3.51. The molecule has 0 radical (unpaired) electrons. The van der Waals surface area contributed by atoms with Crippen molar-refractivity contribution in [2.75, 3.05) is 32.7 Å². The lowest BCUT2D eigenvalue weighted by Gasteiger charge is -2.41. The number of rotatable bonds is 3. The van der Waals surface area contributed by atoms with Gasteiger partial charge >= 0.3 is 0 Å². The van der Waals surface area contributed by atoms with Crippen LogP contribution < -0.4 is 5.32 Å². The summed E-state index contributed by atoms with van der Waals surface area (Å²) in [5.41, 5.74) is 1.16. The molecule has 26 heavy (non-hydrogen) atoms. The Bertz CT molecular complexity index is 685. The minimum Gasteiger partial charge on any atom is -0.340 e. The van der Waals surface area contributed by atoms with Crippen molar-refractivity contribution >= 4 is 35.8 Å². The zero-order valence-corrected chi connectivity index (χ0v) is 16.3. The van der Waals surface area contributed by atoms with E-state index in [-0.39, 0.29) is 36.2 Å². The van der Waals surface area contributed by atoms with Crippen LogP contribution in [0.1, 0.15) is 30.7 Å². The summed E-state index contributed by atoms with van der Waals surface area (Å²) < 4.78 is 0. The SMILES string of the molecule is Cl.O=C(C1CC1c1cccc(Cl)c1)N1CCCC(N2CCNCC2=O)C1. The fourth-order valence-electron chi connectivity index (χ4n) is 4.22. The Morgan fingerprint density at radius 3 is 2.88 bits per heavy atom. The van der Waals surface area contributed by atoms with E-state index < -0.39 is 0 Å². The Labute approximate surface area is 165 Å². The number of amides is 2. The molecule has 3 fully saturated rings. The van der Waals surface area contributed by atoms with E-state index in [0.29, 0.717) is 19.0 Å². The number of likely N-dealkylation sites (tertiary alicyclic amines) is 1. The summed E-state index contributed by atoms with van der Waals surface area (Å²) in [4.78, 5) is 29.0. The van der Waals surface area contributed by atoms with Crippen LogP contribution in [0, 0.1) is 5.92 Å². The molecule has 2 heterocycles. The second-order valence-corrected chi connectivity index (χ2v) is 7.78. The van der Waals surface area contributed by atoms with Crippen molar-refractivity contribution in [3.63, 3.8) is 0 Å². The highest BCUT2D eigenvalue weighted by Crippen LogP contribution is 2.49. The van der Waals surface area contributed by atoms with Crippen molar-refractivity contribution in [3.05, 3.63) is 34.9 Å². The molecular formula is C19H25Cl2N3O2. The molecule has 2 saturated heterocycles. The van der Waals surface area contributed by atoms with Gasteiger partial charge in [0.25, 0.3) is 0 Å². The van der Waals surface area contributed by atoms with Gasteiger partial charge in [-0.2, -0.15) is 0 Å². The number of piperidine rings is 1. The first kappa shape index (κ1) is 19.5. The number of benzene rings is 1. The van der Waals surface area contributed by atoms with Gasteiger partial charge in [-0.25, -0.2) is 0 Å². The molecule has 3 aliphatic rings. The van der Waals surface area contributed by atoms with Crippen LogP contribution in [0.15, 0.2) is 24.3 Å². The number of hydrogen-bond donors (Lipinski definition) is 1. The molecular weight excluding hydrogens is 373 g/mol. The monoisotopic (exact) mass is 397 g/mol. The molecule has 4 rings (SSSR count). The summed E-state index contributed by atoms with van der Waals surface area (Å²) in [6, 6.07) is 8.02. The maximum Gasteiger partial charge on any atom is 0.236 e. The van der Waals surface area contributed by atoms with Gasteiger partial charge in [0.15, 0.2) is 0 Å². The number of piperazine rings is 1. The van der Waals surface area contributed by atoms with Crippen LogP contribution in [0.3, 0.4) is 0 Å². The molecule has 1 aromatic rings. The molecule has 5 nitrogen and oxygen atoms in total. The van der Waals surface area contributed by atoms with Gasteiger partial charge in [0, 0.05) is 43.2 Å². The second kappa shape index (κ2) is 8.15. The molecule has 2 aliphatic heterocycles. The van der Waals surface area contributed by atoms with E-state index in [1.54, 1.807) is 0 Å². The molecule has 7 heteroatoms. The standard InChI is InChI=1S/C19H24ClN3O2.ClH/c20-14-4-1-3-13(9-14)16-10-17(16)19(25)22-7-2-5-15(12-22)23-8-6-21-11-18(23)24;/h1,3-4,9,15-17,21H,2,5-8,10-12H2;1H. The van der Waals surface area contributed by atoms with Crippen molar-refractivity contribution in [2.45, 2.75) is 31.2 Å². The van der Waals surface area contributed by atoms with Crippen LogP contribution in [-0.2, 0) is 9.59 Å². The Morgan fingerprint density at radius 1 is 1.27 bits per heavy atom. The van der Waals surface area contributed by atoms with Crippen LogP contribution in [0.4, 0.5) is 0 Å². The first-order chi connectivity index (χ1) is 12.1. The Hall–Kier alpha value is -1.30. The fourth-order valence-corrected chi connectivity index (χ4v) is 4.42. The van der Waals surface area contributed by atoms with Gasteiger partial charge in [-0.15, -0.1) is 12.4 Å². The predicted octanol–water partition coefficient (Wildman–Crippen LogP) is 2.29. The van der Waals surface area contributed by atoms with E-state index in [4.69, 9.17) is 11.6 Å². The molecule has 1 aliphatic carbocycles. The third-order valence-electron chi connectivity index (χ3n) is 5.66. The van der Waals surface area contributed by atoms with Gasteiger partial charge < -0.3 is 15.1 Å². The average Bonchev–Trinajstić information content (AvgIpc) is 3.42. The summed E-state index contributed by atoms with van der Waals surface area (Å²) >= 11 is 6.07. The van der Waals surface area contributed by atoms with Crippen molar-refractivity contribution in [2.24, 2.45) is 5.92 Å². The van der Waals surface area contributed by atoms with Crippen LogP contribution in [0.5, 0.6) is 0 Å². The normalized spacial score (nSPS) is 28.5. The lowest BCUT2D eigenvalue weighted by molar-refractivity contribution is -0.141. The number of nitrogens with zero attached hydrogens (tertiary/aromatic N) is 2.